The summed E-state index contributed by atoms with van der Waals surface area (Å²) in [4.78, 5) is 17.9. The van der Waals surface area contributed by atoms with Crippen LogP contribution in [-0.2, 0) is 0 Å². The Morgan fingerprint density at radius 3 is 2.62 bits per heavy atom. The van der Waals surface area contributed by atoms with Crippen molar-refractivity contribution in [2.24, 2.45) is 0 Å². The fourth-order valence-electron chi connectivity index (χ4n) is 0.776. The quantitative estimate of drug-likeness (QED) is 0.452. The second-order valence-corrected chi connectivity index (χ2v) is 3.66. The Kier molecular flexibility index (Phi) is 3.39. The van der Waals surface area contributed by atoms with Crippen LogP contribution in [0.25, 0.3) is 0 Å². The van der Waals surface area contributed by atoms with Crippen LogP contribution in [0.5, 0.6) is 0 Å². The summed E-state index contributed by atoms with van der Waals surface area (Å²) in [5, 5.41) is 9.68. The molecule has 68 valence electrons. The first kappa shape index (κ1) is 10.2. The van der Waals surface area contributed by atoms with Gasteiger partial charge < -0.3 is 4.98 Å². The number of hydrogen-bond acceptors (Lipinski definition) is 5. The molecular weight excluding hydrogens is 206 g/mol. The minimum Gasteiger partial charge on any atom is -0.300 e. The molecule has 0 unspecified atom stereocenters. The fourth-order valence-corrected chi connectivity index (χ4v) is 1.74. The Morgan fingerprint density at radius 2 is 2.15 bits per heavy atom. The van der Waals surface area contributed by atoms with E-state index in [1.165, 1.54) is 23.5 Å². The number of rotatable bonds is 2. The number of hydrogen-bond donors (Lipinski definition) is 1. The summed E-state index contributed by atoms with van der Waals surface area (Å²) in [6.45, 7) is 0. The van der Waals surface area contributed by atoms with Gasteiger partial charge in [-0.25, -0.2) is 4.98 Å². The fraction of sp³-hybridized carbons (Fsp3) is 0.286. The molecule has 0 bridgehead atoms. The number of nitrogens with zero attached hydrogens (tertiary/aromatic N) is 2. The van der Waals surface area contributed by atoms with Crippen molar-refractivity contribution in [1.82, 2.24) is 9.97 Å². The first-order valence-electron chi connectivity index (χ1n) is 3.35. The van der Waals surface area contributed by atoms with Crippen LogP contribution in [0, 0.1) is 11.3 Å². The molecule has 0 amide bonds. The standard InChI is InChI=1S/C7H7N3OS2/c1-12-6-4(3-8)5(11)9-7(10-6)13-2/h1-2H3,(H,9,10,11). The average Bonchev–Trinajstić information content (AvgIpc) is 2.16. The molecule has 0 atom stereocenters. The van der Waals surface area contributed by atoms with E-state index in [0.29, 0.717) is 10.2 Å². The molecule has 0 aliphatic carbocycles. The highest BCUT2D eigenvalue weighted by molar-refractivity contribution is 7.99. The molecule has 6 heteroatoms. The third-order valence-electron chi connectivity index (χ3n) is 1.36. The predicted molar refractivity (Wildman–Crippen MR) is 53.1 cm³/mol. The molecule has 0 aromatic carbocycles. The Labute approximate surface area is 83.8 Å². The van der Waals surface area contributed by atoms with E-state index >= 15 is 0 Å². The molecule has 0 saturated heterocycles. The summed E-state index contributed by atoms with van der Waals surface area (Å²) in [6, 6.07) is 1.83. The van der Waals surface area contributed by atoms with Gasteiger partial charge in [-0.05, 0) is 12.5 Å². The van der Waals surface area contributed by atoms with Gasteiger partial charge in [0.25, 0.3) is 5.56 Å². The van der Waals surface area contributed by atoms with E-state index in [1.807, 2.05) is 12.3 Å². The van der Waals surface area contributed by atoms with E-state index in [-0.39, 0.29) is 11.1 Å². The van der Waals surface area contributed by atoms with Crippen molar-refractivity contribution >= 4 is 23.5 Å². The van der Waals surface area contributed by atoms with Crippen molar-refractivity contribution in [3.8, 4) is 6.07 Å². The van der Waals surface area contributed by atoms with Gasteiger partial charge in [-0.2, -0.15) is 5.26 Å². The van der Waals surface area contributed by atoms with Crippen LogP contribution in [-0.4, -0.2) is 22.5 Å². The summed E-state index contributed by atoms with van der Waals surface area (Å²) in [5.74, 6) is 0. The monoisotopic (exact) mass is 213 g/mol. The van der Waals surface area contributed by atoms with Gasteiger partial charge in [-0.15, -0.1) is 11.8 Å². The van der Waals surface area contributed by atoms with Gasteiger partial charge in [0.15, 0.2) is 5.16 Å². The number of aromatic nitrogens is 2. The number of thioether (sulfide) groups is 2. The van der Waals surface area contributed by atoms with Crippen LogP contribution in [0.1, 0.15) is 5.56 Å². The number of nitriles is 1. The van der Waals surface area contributed by atoms with E-state index < -0.39 is 0 Å². The van der Waals surface area contributed by atoms with E-state index in [0.717, 1.165) is 0 Å². The second-order valence-electron chi connectivity index (χ2n) is 2.07. The summed E-state index contributed by atoms with van der Waals surface area (Å²) in [7, 11) is 0. The molecule has 13 heavy (non-hydrogen) atoms. The van der Waals surface area contributed by atoms with E-state index in [9.17, 15) is 4.79 Å². The molecule has 0 radical (unpaired) electrons. The molecular formula is C7H7N3OS2. The van der Waals surface area contributed by atoms with Crippen molar-refractivity contribution in [2.45, 2.75) is 10.2 Å². The lowest BCUT2D eigenvalue weighted by atomic mass is 10.4. The normalized spacial score (nSPS) is 9.62. The molecule has 0 saturated carbocycles. The van der Waals surface area contributed by atoms with E-state index in [4.69, 9.17) is 5.26 Å². The van der Waals surface area contributed by atoms with Gasteiger partial charge in [0.2, 0.25) is 0 Å². The summed E-state index contributed by atoms with van der Waals surface area (Å²) < 4.78 is 0. The first-order valence-corrected chi connectivity index (χ1v) is 5.80. The third-order valence-corrected chi connectivity index (χ3v) is 2.63. The van der Waals surface area contributed by atoms with Gasteiger partial charge in [-0.1, -0.05) is 11.8 Å². The minimum absolute atomic E-state index is 0.0882. The van der Waals surface area contributed by atoms with Gasteiger partial charge in [0.1, 0.15) is 16.7 Å². The summed E-state index contributed by atoms with van der Waals surface area (Å²) >= 11 is 2.64. The van der Waals surface area contributed by atoms with Crippen LogP contribution in [0.4, 0.5) is 0 Å². The molecule has 1 rings (SSSR count). The van der Waals surface area contributed by atoms with Crippen LogP contribution in [0.2, 0.25) is 0 Å². The Bertz CT molecular complexity index is 407. The predicted octanol–water partition coefficient (Wildman–Crippen LogP) is 1.09. The summed E-state index contributed by atoms with van der Waals surface area (Å²) in [5.41, 5.74) is -0.281. The Morgan fingerprint density at radius 1 is 1.46 bits per heavy atom. The molecule has 0 aliphatic rings. The lowest BCUT2D eigenvalue weighted by molar-refractivity contribution is 0.859. The van der Waals surface area contributed by atoms with Crippen molar-refractivity contribution < 1.29 is 0 Å². The maximum atomic E-state index is 11.3. The number of aromatic amines is 1. The van der Waals surface area contributed by atoms with Gasteiger partial charge in [0, 0.05) is 0 Å². The molecule has 4 nitrogen and oxygen atoms in total. The van der Waals surface area contributed by atoms with Crippen LogP contribution < -0.4 is 5.56 Å². The number of nitrogens with one attached hydrogen (secondary N) is 1. The lowest BCUT2D eigenvalue weighted by Gasteiger charge is -2.00. The zero-order chi connectivity index (χ0) is 9.84. The average molecular weight is 213 g/mol. The molecule has 1 N–H and O–H groups in total. The van der Waals surface area contributed by atoms with Crippen molar-refractivity contribution in [3.63, 3.8) is 0 Å². The highest BCUT2D eigenvalue weighted by atomic mass is 32.2. The smallest absolute Gasteiger partial charge is 0.270 e. The topological polar surface area (TPSA) is 69.5 Å². The molecule has 0 aliphatic heterocycles. The van der Waals surface area contributed by atoms with Gasteiger partial charge in [-0.3, -0.25) is 4.79 Å². The van der Waals surface area contributed by atoms with Crippen molar-refractivity contribution in [2.75, 3.05) is 12.5 Å². The SMILES string of the molecule is CSc1nc(SC)c(C#N)c(=O)[nH]1. The largest absolute Gasteiger partial charge is 0.300 e. The van der Waals surface area contributed by atoms with E-state index in [2.05, 4.69) is 9.97 Å². The highest BCUT2D eigenvalue weighted by Crippen LogP contribution is 2.16. The van der Waals surface area contributed by atoms with Crippen LogP contribution >= 0.6 is 23.5 Å². The minimum atomic E-state index is -0.369. The maximum absolute atomic E-state index is 11.3. The molecule has 1 aromatic heterocycles. The molecule has 0 fully saturated rings. The van der Waals surface area contributed by atoms with Crippen LogP contribution in [0.15, 0.2) is 15.0 Å². The second kappa shape index (κ2) is 4.35. The number of H-pyrrole nitrogens is 1. The Balaban J connectivity index is 3.40. The zero-order valence-corrected chi connectivity index (χ0v) is 8.75. The Hall–Kier alpha value is -0.930. The highest BCUT2D eigenvalue weighted by Gasteiger charge is 2.08. The van der Waals surface area contributed by atoms with Crippen molar-refractivity contribution in [3.05, 3.63) is 15.9 Å². The lowest BCUT2D eigenvalue weighted by Crippen LogP contribution is -2.14. The molecule has 1 heterocycles. The molecule has 1 aromatic rings. The third kappa shape index (κ3) is 2.05. The van der Waals surface area contributed by atoms with Crippen LogP contribution in [0.3, 0.4) is 0 Å². The van der Waals surface area contributed by atoms with Gasteiger partial charge in [0.05, 0.1) is 0 Å². The first-order chi connectivity index (χ1) is 6.22. The molecule has 0 spiro atoms. The van der Waals surface area contributed by atoms with Crippen molar-refractivity contribution in [1.29, 1.82) is 5.26 Å². The van der Waals surface area contributed by atoms with E-state index in [1.54, 1.807) is 6.26 Å². The van der Waals surface area contributed by atoms with Gasteiger partial charge >= 0.3 is 0 Å². The zero-order valence-electron chi connectivity index (χ0n) is 7.12. The maximum Gasteiger partial charge on any atom is 0.270 e. The summed E-state index contributed by atoms with van der Waals surface area (Å²) in [6.07, 6.45) is 3.60.